The lowest BCUT2D eigenvalue weighted by atomic mass is 10.2. The molecule has 0 aliphatic carbocycles. The average Bonchev–Trinajstić information content (AvgIpc) is 2.52. The van der Waals surface area contributed by atoms with E-state index in [2.05, 4.69) is 10.1 Å². The maximum Gasteiger partial charge on any atom is 0.313 e. The third kappa shape index (κ3) is 5.18. The number of hydrogen-bond donors (Lipinski definition) is 1. The largest absolute Gasteiger partial charge is 0.481 e. The van der Waals surface area contributed by atoms with Gasteiger partial charge in [-0.15, -0.1) is 0 Å². The number of aromatic nitrogens is 3. The van der Waals surface area contributed by atoms with E-state index in [0.717, 1.165) is 11.8 Å². The zero-order chi connectivity index (χ0) is 13.1. The van der Waals surface area contributed by atoms with Crippen LogP contribution in [-0.4, -0.2) is 37.2 Å². The van der Waals surface area contributed by atoms with Gasteiger partial charge in [0.1, 0.15) is 6.61 Å². The van der Waals surface area contributed by atoms with E-state index in [1.54, 1.807) is 11.7 Å². The molecule has 0 fully saturated rings. The molecule has 0 bridgehead atoms. The first-order chi connectivity index (χ1) is 7.78. The highest BCUT2D eigenvalue weighted by Gasteiger charge is 2.14. The predicted octanol–water partition coefficient (Wildman–Crippen LogP) is 1.31. The van der Waals surface area contributed by atoms with Crippen molar-refractivity contribution in [2.24, 2.45) is 7.05 Å². The van der Waals surface area contributed by atoms with Crippen molar-refractivity contribution < 1.29 is 14.6 Å². The molecule has 0 unspecified atom stereocenters. The molecule has 1 N–H and O–H groups in total. The molecule has 0 aliphatic rings. The van der Waals surface area contributed by atoms with Gasteiger partial charge in [0.25, 0.3) is 0 Å². The van der Waals surface area contributed by atoms with Gasteiger partial charge in [-0.1, -0.05) is 11.8 Å². The van der Waals surface area contributed by atoms with Crippen LogP contribution in [0.25, 0.3) is 0 Å². The monoisotopic (exact) mass is 259 g/mol. The molecule has 1 aromatic heterocycles. The number of thioether (sulfide) groups is 1. The molecule has 1 heterocycles. The van der Waals surface area contributed by atoms with Gasteiger partial charge in [-0.25, -0.2) is 9.67 Å². The molecule has 1 aromatic rings. The maximum absolute atomic E-state index is 10.4. The molecule has 6 nitrogen and oxygen atoms in total. The smallest absolute Gasteiger partial charge is 0.313 e. The molecule has 0 radical (unpaired) electrons. The van der Waals surface area contributed by atoms with E-state index in [9.17, 15) is 4.79 Å². The Balaban J connectivity index is 2.58. The standard InChI is InChI=1S/C10H17N3O3S/c1-10(2,3)16-5-7-11-9(13(4)12-7)17-6-8(14)15/h5-6H2,1-4H3,(H,14,15). The third-order valence-electron chi connectivity index (χ3n) is 1.73. The summed E-state index contributed by atoms with van der Waals surface area (Å²) in [5.41, 5.74) is -0.242. The van der Waals surface area contributed by atoms with E-state index >= 15 is 0 Å². The minimum atomic E-state index is -0.870. The molecule has 7 heteroatoms. The summed E-state index contributed by atoms with van der Waals surface area (Å²) in [7, 11) is 1.73. The summed E-state index contributed by atoms with van der Waals surface area (Å²) in [6.07, 6.45) is 0. The van der Waals surface area contributed by atoms with E-state index in [1.807, 2.05) is 20.8 Å². The van der Waals surface area contributed by atoms with E-state index < -0.39 is 5.97 Å². The van der Waals surface area contributed by atoms with Crippen LogP contribution >= 0.6 is 11.8 Å². The molecule has 0 spiro atoms. The van der Waals surface area contributed by atoms with Gasteiger partial charge >= 0.3 is 5.97 Å². The molecule has 1 rings (SSSR count). The molecule has 0 atom stereocenters. The minimum absolute atomic E-state index is 0.0217. The van der Waals surface area contributed by atoms with Crippen molar-refractivity contribution in [3.05, 3.63) is 5.82 Å². The Bertz CT molecular complexity index is 398. The van der Waals surface area contributed by atoms with Crippen LogP contribution in [0.2, 0.25) is 0 Å². The lowest BCUT2D eigenvalue weighted by molar-refractivity contribution is -0.133. The summed E-state index contributed by atoms with van der Waals surface area (Å²) in [5, 5.41) is 13.3. The Hall–Kier alpha value is -1.08. The van der Waals surface area contributed by atoms with Crippen LogP contribution in [-0.2, 0) is 23.2 Å². The van der Waals surface area contributed by atoms with E-state index in [4.69, 9.17) is 9.84 Å². The van der Waals surface area contributed by atoms with Crippen molar-refractivity contribution in [3.63, 3.8) is 0 Å². The molecule has 0 amide bonds. The number of carboxylic acids is 1. The van der Waals surface area contributed by atoms with Crippen molar-refractivity contribution >= 4 is 17.7 Å². The first-order valence-electron chi connectivity index (χ1n) is 5.16. The molecule has 17 heavy (non-hydrogen) atoms. The van der Waals surface area contributed by atoms with E-state index in [0.29, 0.717) is 17.6 Å². The van der Waals surface area contributed by atoms with E-state index in [-0.39, 0.29) is 11.4 Å². The second kappa shape index (κ2) is 5.50. The fourth-order valence-corrected chi connectivity index (χ4v) is 1.67. The quantitative estimate of drug-likeness (QED) is 0.803. The van der Waals surface area contributed by atoms with E-state index in [1.165, 1.54) is 0 Å². The SMILES string of the molecule is Cn1nc(COC(C)(C)C)nc1SCC(=O)O. The first kappa shape index (κ1) is 14.0. The Kier molecular flexibility index (Phi) is 4.53. The molecular weight excluding hydrogens is 242 g/mol. The van der Waals surface area contributed by atoms with Crippen molar-refractivity contribution in [2.45, 2.75) is 38.1 Å². The number of rotatable bonds is 5. The van der Waals surface area contributed by atoms with Gasteiger partial charge in [0.15, 0.2) is 11.0 Å². The van der Waals surface area contributed by atoms with Crippen LogP contribution in [0.3, 0.4) is 0 Å². The summed E-state index contributed by atoms with van der Waals surface area (Å²) in [4.78, 5) is 14.7. The predicted molar refractivity (Wildman–Crippen MR) is 63.9 cm³/mol. The lowest BCUT2D eigenvalue weighted by Crippen LogP contribution is -2.19. The molecule has 96 valence electrons. The fraction of sp³-hybridized carbons (Fsp3) is 0.700. The normalized spacial score (nSPS) is 11.8. The van der Waals surface area contributed by atoms with Crippen molar-refractivity contribution in [1.29, 1.82) is 0 Å². The average molecular weight is 259 g/mol. The molecule has 0 aliphatic heterocycles. The second-order valence-electron chi connectivity index (χ2n) is 4.52. The topological polar surface area (TPSA) is 77.2 Å². The summed E-state index contributed by atoms with van der Waals surface area (Å²) in [6.45, 7) is 6.19. The Labute approximate surface area is 104 Å². The molecule has 0 saturated heterocycles. The molecule has 0 saturated carbocycles. The van der Waals surface area contributed by atoms with Gasteiger partial charge < -0.3 is 9.84 Å². The maximum atomic E-state index is 10.4. The van der Waals surface area contributed by atoms with Crippen molar-refractivity contribution in [1.82, 2.24) is 14.8 Å². The van der Waals surface area contributed by atoms with Gasteiger partial charge in [0.2, 0.25) is 0 Å². The van der Waals surface area contributed by atoms with Crippen LogP contribution in [0.1, 0.15) is 26.6 Å². The number of aliphatic carboxylic acids is 1. The van der Waals surface area contributed by atoms with Gasteiger partial charge in [0.05, 0.1) is 11.4 Å². The van der Waals surface area contributed by atoms with Crippen LogP contribution < -0.4 is 0 Å². The number of aryl methyl sites for hydroxylation is 1. The summed E-state index contributed by atoms with van der Waals surface area (Å²) in [6, 6.07) is 0. The van der Waals surface area contributed by atoms with Gasteiger partial charge in [-0.3, -0.25) is 4.79 Å². The van der Waals surface area contributed by atoms with Crippen LogP contribution in [0, 0.1) is 0 Å². The Morgan fingerprint density at radius 3 is 2.71 bits per heavy atom. The first-order valence-corrected chi connectivity index (χ1v) is 6.15. The summed E-state index contributed by atoms with van der Waals surface area (Å²) >= 11 is 1.14. The molecule has 0 aromatic carbocycles. The van der Waals surface area contributed by atoms with Gasteiger partial charge in [-0.05, 0) is 20.8 Å². The minimum Gasteiger partial charge on any atom is -0.481 e. The number of hydrogen-bond acceptors (Lipinski definition) is 5. The van der Waals surface area contributed by atoms with Crippen molar-refractivity contribution in [2.75, 3.05) is 5.75 Å². The highest BCUT2D eigenvalue weighted by atomic mass is 32.2. The fourth-order valence-electron chi connectivity index (χ4n) is 1.02. The Morgan fingerprint density at radius 1 is 1.53 bits per heavy atom. The van der Waals surface area contributed by atoms with Gasteiger partial charge in [0, 0.05) is 7.05 Å². The summed E-state index contributed by atoms with van der Waals surface area (Å²) in [5.74, 6) is -0.327. The van der Waals surface area contributed by atoms with Crippen LogP contribution in [0.5, 0.6) is 0 Å². The Morgan fingerprint density at radius 2 is 2.18 bits per heavy atom. The third-order valence-corrected chi connectivity index (χ3v) is 2.73. The second-order valence-corrected chi connectivity index (χ2v) is 5.46. The van der Waals surface area contributed by atoms with Gasteiger partial charge in [-0.2, -0.15) is 5.10 Å². The number of carboxylic acid groups (broad SMARTS) is 1. The number of carbonyl (C=O) groups is 1. The van der Waals surface area contributed by atoms with Crippen molar-refractivity contribution in [3.8, 4) is 0 Å². The highest BCUT2D eigenvalue weighted by molar-refractivity contribution is 7.99. The lowest BCUT2D eigenvalue weighted by Gasteiger charge is -2.17. The highest BCUT2D eigenvalue weighted by Crippen LogP contribution is 2.16. The number of nitrogens with zero attached hydrogens (tertiary/aromatic N) is 3. The summed E-state index contributed by atoms with van der Waals surface area (Å²) < 4.78 is 7.11. The number of ether oxygens (including phenoxy) is 1. The van der Waals surface area contributed by atoms with Crippen LogP contribution in [0.15, 0.2) is 5.16 Å². The zero-order valence-electron chi connectivity index (χ0n) is 10.4. The van der Waals surface area contributed by atoms with Crippen LogP contribution in [0.4, 0.5) is 0 Å². The zero-order valence-corrected chi connectivity index (χ0v) is 11.2. The molecular formula is C10H17N3O3S.